The minimum Gasteiger partial charge on any atom is -0.493 e. The van der Waals surface area contributed by atoms with Crippen LogP contribution in [-0.2, 0) is 0 Å². The topological polar surface area (TPSA) is 24.5 Å². The van der Waals surface area contributed by atoms with Crippen LogP contribution < -0.4 is 10.1 Å². The molecule has 1 aromatic rings. The highest BCUT2D eigenvalue weighted by Crippen LogP contribution is 2.37. The van der Waals surface area contributed by atoms with Gasteiger partial charge in [0.1, 0.15) is 5.75 Å². The fourth-order valence-corrected chi connectivity index (χ4v) is 3.85. The number of para-hydroxylation sites is 1. The minimum absolute atomic E-state index is 0.281. The molecule has 1 saturated heterocycles. The summed E-state index contributed by atoms with van der Waals surface area (Å²) in [5, 5.41) is 3.81. The van der Waals surface area contributed by atoms with Gasteiger partial charge in [0.15, 0.2) is 0 Å². The van der Waals surface area contributed by atoms with Crippen molar-refractivity contribution in [2.45, 2.75) is 51.1 Å². The molecule has 0 radical (unpaired) electrons. The lowest BCUT2D eigenvalue weighted by atomic mass is 9.90. The maximum absolute atomic E-state index is 5.84. The van der Waals surface area contributed by atoms with Gasteiger partial charge in [0.2, 0.25) is 0 Å². The average molecular weight is 288 g/mol. The summed E-state index contributed by atoms with van der Waals surface area (Å²) < 4.78 is 5.84. The summed E-state index contributed by atoms with van der Waals surface area (Å²) in [7, 11) is 0. The number of nitrogens with zero attached hydrogens (tertiary/aromatic N) is 1. The number of hydrogen-bond donors (Lipinski definition) is 1. The van der Waals surface area contributed by atoms with E-state index >= 15 is 0 Å². The van der Waals surface area contributed by atoms with Crippen molar-refractivity contribution in [1.82, 2.24) is 10.2 Å². The Morgan fingerprint density at radius 1 is 1.29 bits per heavy atom. The minimum atomic E-state index is 0.281. The Balaban J connectivity index is 1.86. The van der Waals surface area contributed by atoms with E-state index in [1.54, 1.807) is 0 Å². The standard InChI is InChI=1S/C18H28N2O/c1-3-18(4-2)14-20(12-7-11-19-18)16-10-13-21-17-9-6-5-8-15(16)17/h5-6,8-9,16,19H,3-4,7,10-14H2,1-2H3. The molecule has 116 valence electrons. The van der Waals surface area contributed by atoms with Crippen LogP contribution in [0.15, 0.2) is 24.3 Å². The first-order chi connectivity index (χ1) is 10.3. The van der Waals surface area contributed by atoms with Crippen LogP contribution in [0, 0.1) is 0 Å². The van der Waals surface area contributed by atoms with Crippen LogP contribution in [0.3, 0.4) is 0 Å². The third-order valence-electron chi connectivity index (χ3n) is 5.35. The van der Waals surface area contributed by atoms with Gasteiger partial charge in [-0.2, -0.15) is 0 Å². The summed E-state index contributed by atoms with van der Waals surface area (Å²) in [6.45, 7) is 8.96. The molecule has 2 heterocycles. The van der Waals surface area contributed by atoms with E-state index in [4.69, 9.17) is 4.74 Å². The van der Waals surface area contributed by atoms with Crippen LogP contribution in [0.5, 0.6) is 5.75 Å². The largest absolute Gasteiger partial charge is 0.493 e. The van der Waals surface area contributed by atoms with Crippen LogP contribution in [0.1, 0.15) is 51.1 Å². The van der Waals surface area contributed by atoms with Gasteiger partial charge >= 0.3 is 0 Å². The van der Waals surface area contributed by atoms with Crippen molar-refractivity contribution in [3.8, 4) is 5.75 Å². The van der Waals surface area contributed by atoms with E-state index in [9.17, 15) is 0 Å². The fraction of sp³-hybridized carbons (Fsp3) is 0.667. The van der Waals surface area contributed by atoms with Crippen molar-refractivity contribution in [2.75, 3.05) is 26.2 Å². The second-order valence-corrected chi connectivity index (χ2v) is 6.43. The van der Waals surface area contributed by atoms with Crippen LogP contribution in [0.2, 0.25) is 0 Å². The molecule has 2 aliphatic heterocycles. The molecule has 3 heteroatoms. The van der Waals surface area contributed by atoms with Gasteiger partial charge < -0.3 is 10.1 Å². The van der Waals surface area contributed by atoms with Gasteiger partial charge in [0.05, 0.1) is 6.61 Å². The Morgan fingerprint density at radius 2 is 2.10 bits per heavy atom. The molecular weight excluding hydrogens is 260 g/mol. The summed E-state index contributed by atoms with van der Waals surface area (Å²) >= 11 is 0. The zero-order chi connectivity index (χ0) is 14.7. The van der Waals surface area contributed by atoms with E-state index in [-0.39, 0.29) is 5.54 Å². The molecule has 0 bridgehead atoms. The molecule has 1 aromatic carbocycles. The normalized spacial score (nSPS) is 25.7. The van der Waals surface area contributed by atoms with Crippen molar-refractivity contribution < 1.29 is 4.74 Å². The molecule has 3 rings (SSSR count). The smallest absolute Gasteiger partial charge is 0.124 e. The van der Waals surface area contributed by atoms with Crippen molar-refractivity contribution in [3.63, 3.8) is 0 Å². The van der Waals surface area contributed by atoms with Gasteiger partial charge in [0, 0.05) is 36.7 Å². The Labute approximate surface area is 128 Å². The molecule has 0 spiro atoms. The van der Waals surface area contributed by atoms with E-state index in [2.05, 4.69) is 48.3 Å². The van der Waals surface area contributed by atoms with Crippen molar-refractivity contribution in [2.24, 2.45) is 0 Å². The summed E-state index contributed by atoms with van der Waals surface area (Å²) in [6, 6.07) is 9.10. The number of ether oxygens (including phenoxy) is 1. The van der Waals surface area contributed by atoms with E-state index in [1.807, 2.05) is 0 Å². The highest BCUT2D eigenvalue weighted by atomic mass is 16.5. The molecule has 1 fully saturated rings. The zero-order valence-corrected chi connectivity index (χ0v) is 13.4. The molecule has 0 saturated carbocycles. The monoisotopic (exact) mass is 288 g/mol. The van der Waals surface area contributed by atoms with Gasteiger partial charge in [-0.25, -0.2) is 0 Å². The van der Waals surface area contributed by atoms with Gasteiger partial charge in [-0.15, -0.1) is 0 Å². The van der Waals surface area contributed by atoms with Crippen LogP contribution in [-0.4, -0.2) is 36.7 Å². The fourth-order valence-electron chi connectivity index (χ4n) is 3.85. The molecule has 1 atom stereocenters. The maximum atomic E-state index is 5.84. The average Bonchev–Trinajstić information content (AvgIpc) is 2.77. The lowest BCUT2D eigenvalue weighted by molar-refractivity contribution is 0.112. The summed E-state index contributed by atoms with van der Waals surface area (Å²) in [5.41, 5.74) is 1.66. The molecule has 1 N–H and O–H groups in total. The molecule has 2 aliphatic rings. The second kappa shape index (κ2) is 6.37. The molecular formula is C18H28N2O. The van der Waals surface area contributed by atoms with E-state index in [0.29, 0.717) is 6.04 Å². The van der Waals surface area contributed by atoms with Crippen molar-refractivity contribution in [1.29, 1.82) is 0 Å². The molecule has 0 aromatic heterocycles. The molecule has 1 unspecified atom stereocenters. The molecule has 3 nitrogen and oxygen atoms in total. The second-order valence-electron chi connectivity index (χ2n) is 6.43. The van der Waals surface area contributed by atoms with E-state index in [0.717, 1.165) is 31.9 Å². The van der Waals surface area contributed by atoms with Crippen molar-refractivity contribution >= 4 is 0 Å². The Bertz CT molecular complexity index is 470. The summed E-state index contributed by atoms with van der Waals surface area (Å²) in [5.74, 6) is 1.09. The highest BCUT2D eigenvalue weighted by Gasteiger charge is 2.35. The molecule has 0 amide bonds. The molecule has 0 aliphatic carbocycles. The SMILES string of the molecule is CCC1(CC)CN(C2CCOc3ccccc32)CCCN1. The Hall–Kier alpha value is -1.06. The summed E-state index contributed by atoms with van der Waals surface area (Å²) in [6.07, 6.45) is 4.75. The number of benzene rings is 1. The Morgan fingerprint density at radius 3 is 2.90 bits per heavy atom. The quantitative estimate of drug-likeness (QED) is 0.923. The first kappa shape index (κ1) is 14.9. The Kier molecular flexibility index (Phi) is 4.51. The van der Waals surface area contributed by atoms with Gasteiger partial charge in [-0.05, 0) is 31.9 Å². The van der Waals surface area contributed by atoms with Gasteiger partial charge in [-0.3, -0.25) is 4.90 Å². The first-order valence-electron chi connectivity index (χ1n) is 8.49. The van der Waals surface area contributed by atoms with E-state index < -0.39 is 0 Å². The number of rotatable bonds is 3. The summed E-state index contributed by atoms with van der Waals surface area (Å²) in [4.78, 5) is 2.70. The van der Waals surface area contributed by atoms with Crippen LogP contribution in [0.25, 0.3) is 0 Å². The number of nitrogens with one attached hydrogen (secondary N) is 1. The predicted molar refractivity (Wildman–Crippen MR) is 86.8 cm³/mol. The maximum Gasteiger partial charge on any atom is 0.124 e. The number of hydrogen-bond acceptors (Lipinski definition) is 3. The zero-order valence-electron chi connectivity index (χ0n) is 13.4. The van der Waals surface area contributed by atoms with Crippen LogP contribution >= 0.6 is 0 Å². The number of fused-ring (bicyclic) bond motifs is 1. The van der Waals surface area contributed by atoms with E-state index in [1.165, 1.54) is 31.4 Å². The highest BCUT2D eigenvalue weighted by molar-refractivity contribution is 5.37. The molecule has 21 heavy (non-hydrogen) atoms. The van der Waals surface area contributed by atoms with Gasteiger partial charge in [0.25, 0.3) is 0 Å². The first-order valence-corrected chi connectivity index (χ1v) is 8.49. The predicted octanol–water partition coefficient (Wildman–Crippen LogP) is 3.36. The van der Waals surface area contributed by atoms with Crippen LogP contribution in [0.4, 0.5) is 0 Å². The van der Waals surface area contributed by atoms with Crippen molar-refractivity contribution in [3.05, 3.63) is 29.8 Å². The van der Waals surface area contributed by atoms with Gasteiger partial charge in [-0.1, -0.05) is 32.0 Å². The third kappa shape index (κ3) is 2.95. The third-order valence-corrected chi connectivity index (χ3v) is 5.35. The lowest BCUT2D eigenvalue weighted by Gasteiger charge is -2.40. The lowest BCUT2D eigenvalue weighted by Crippen LogP contribution is -2.51.